The van der Waals surface area contributed by atoms with Crippen LogP contribution in [-0.2, 0) is 26.5 Å². The molecule has 0 aliphatic carbocycles. The predicted molar refractivity (Wildman–Crippen MR) is 124 cm³/mol. The van der Waals surface area contributed by atoms with Gasteiger partial charge in [-0.15, -0.1) is 0 Å². The minimum atomic E-state index is -0.270. The van der Waals surface area contributed by atoms with E-state index in [0.29, 0.717) is 5.91 Å². The molecule has 172 valence electrons. The number of hydrogen-bond acceptors (Lipinski definition) is 4. The second kappa shape index (κ2) is 11.8. The van der Waals surface area contributed by atoms with Crippen LogP contribution in [0.25, 0.3) is 0 Å². The Balaban J connectivity index is 0.000000913. The average molecular weight is 439 g/mol. The summed E-state index contributed by atoms with van der Waals surface area (Å²) in [5.41, 5.74) is 2.24. The summed E-state index contributed by atoms with van der Waals surface area (Å²) in [5, 5.41) is 6.89. The second-order valence-electron chi connectivity index (χ2n) is 8.46. The van der Waals surface area contributed by atoms with Gasteiger partial charge >= 0.3 is 0 Å². The molecular weight excluding hydrogens is 404 g/mol. The van der Waals surface area contributed by atoms with Crippen molar-refractivity contribution >= 4 is 12.4 Å². The first-order valence-electron chi connectivity index (χ1n) is 11.4. The van der Waals surface area contributed by atoms with E-state index in [4.69, 9.17) is 14.6 Å². The van der Waals surface area contributed by atoms with Gasteiger partial charge in [0.15, 0.2) is 0 Å². The Bertz CT molecular complexity index is 835. The van der Waals surface area contributed by atoms with Gasteiger partial charge in [0.1, 0.15) is 0 Å². The summed E-state index contributed by atoms with van der Waals surface area (Å²) >= 11 is 0. The minimum absolute atomic E-state index is 0.00993. The first-order chi connectivity index (χ1) is 15.6. The van der Waals surface area contributed by atoms with Crippen molar-refractivity contribution < 1.29 is 19.4 Å². The van der Waals surface area contributed by atoms with Gasteiger partial charge in [-0.2, -0.15) is 0 Å². The van der Waals surface area contributed by atoms with Gasteiger partial charge in [0.2, 0.25) is 5.91 Å². The maximum atomic E-state index is 13.4. The molecule has 0 aromatic heterocycles. The number of methoxy groups -OCH3 is 1. The van der Waals surface area contributed by atoms with Crippen LogP contribution in [0.15, 0.2) is 60.7 Å². The van der Waals surface area contributed by atoms with Crippen molar-refractivity contribution in [1.82, 2.24) is 9.80 Å². The molecular formula is C26H34N2O4. The molecule has 32 heavy (non-hydrogen) atoms. The van der Waals surface area contributed by atoms with E-state index in [1.165, 1.54) is 17.5 Å². The molecule has 2 aliphatic heterocycles. The van der Waals surface area contributed by atoms with E-state index in [0.717, 1.165) is 51.9 Å². The number of carbonyl (C=O) groups is 2. The first kappa shape index (κ1) is 24.0. The molecule has 2 fully saturated rings. The summed E-state index contributed by atoms with van der Waals surface area (Å²) in [6.45, 7) is 3.14. The van der Waals surface area contributed by atoms with E-state index in [9.17, 15) is 4.79 Å². The molecule has 1 atom stereocenters. The number of benzene rings is 2. The lowest BCUT2D eigenvalue weighted by Crippen LogP contribution is -2.54. The van der Waals surface area contributed by atoms with E-state index in [-0.39, 0.29) is 18.1 Å². The highest BCUT2D eigenvalue weighted by Gasteiger charge is 2.40. The Kier molecular flexibility index (Phi) is 8.82. The van der Waals surface area contributed by atoms with Gasteiger partial charge in [0.05, 0.1) is 11.6 Å². The van der Waals surface area contributed by atoms with Crippen molar-refractivity contribution in [3.05, 3.63) is 71.8 Å². The number of piperidine rings is 2. The van der Waals surface area contributed by atoms with Gasteiger partial charge in [0, 0.05) is 26.7 Å². The lowest BCUT2D eigenvalue weighted by Gasteiger charge is -2.44. The highest BCUT2D eigenvalue weighted by Crippen LogP contribution is 2.36. The fourth-order valence-electron chi connectivity index (χ4n) is 4.93. The summed E-state index contributed by atoms with van der Waals surface area (Å²) in [6, 6.07) is 21.0. The van der Waals surface area contributed by atoms with Crippen LogP contribution in [0.4, 0.5) is 0 Å². The Hall–Kier alpha value is -2.70. The third kappa shape index (κ3) is 5.75. The summed E-state index contributed by atoms with van der Waals surface area (Å²) in [5.74, 6) is 0.304. The molecule has 4 rings (SSSR count). The van der Waals surface area contributed by atoms with Crippen molar-refractivity contribution in [3.63, 3.8) is 0 Å². The average Bonchev–Trinajstić information content (AvgIpc) is 2.86. The fourth-order valence-corrected chi connectivity index (χ4v) is 4.93. The SMILES string of the molecule is COC1(c2ccccc2)CCN(C(=O)C2CCCCN2Cc2ccccc2)CC1.O=CO. The Morgan fingerprint density at radius 1 is 1.03 bits per heavy atom. The largest absolute Gasteiger partial charge is 0.483 e. The molecule has 1 amide bonds. The van der Waals surface area contributed by atoms with Crippen LogP contribution >= 0.6 is 0 Å². The van der Waals surface area contributed by atoms with Crippen molar-refractivity contribution in [1.29, 1.82) is 0 Å². The van der Waals surface area contributed by atoms with Crippen LogP contribution in [0.3, 0.4) is 0 Å². The third-order valence-corrected chi connectivity index (χ3v) is 6.70. The molecule has 1 N–H and O–H groups in total. The van der Waals surface area contributed by atoms with Crippen LogP contribution in [-0.4, -0.2) is 60.1 Å². The normalized spacial score (nSPS) is 20.7. The van der Waals surface area contributed by atoms with Crippen LogP contribution in [0, 0.1) is 0 Å². The number of carboxylic acid groups (broad SMARTS) is 1. The lowest BCUT2D eigenvalue weighted by molar-refractivity contribution is -0.144. The number of rotatable bonds is 5. The van der Waals surface area contributed by atoms with Crippen LogP contribution in [0.1, 0.15) is 43.2 Å². The van der Waals surface area contributed by atoms with E-state index >= 15 is 0 Å². The molecule has 2 heterocycles. The van der Waals surface area contributed by atoms with Crippen LogP contribution in [0.2, 0.25) is 0 Å². The zero-order chi connectivity index (χ0) is 22.8. The van der Waals surface area contributed by atoms with Gasteiger partial charge in [-0.3, -0.25) is 14.5 Å². The van der Waals surface area contributed by atoms with Gasteiger partial charge < -0.3 is 14.7 Å². The summed E-state index contributed by atoms with van der Waals surface area (Å²) in [6.07, 6.45) is 4.99. The first-order valence-corrected chi connectivity index (χ1v) is 11.4. The number of amides is 1. The molecule has 2 saturated heterocycles. The standard InChI is InChI=1S/C25H32N2O2.CH2O2/c1-29-25(22-12-6-3-7-13-22)15-18-26(19-16-25)24(28)23-14-8-9-17-27(23)20-21-10-4-2-5-11-21;2-1-3/h2-7,10-13,23H,8-9,14-20H2,1H3;1H,(H,2,3). The van der Waals surface area contributed by atoms with Gasteiger partial charge in [-0.1, -0.05) is 67.1 Å². The number of ether oxygens (including phenoxy) is 1. The van der Waals surface area contributed by atoms with Crippen molar-refractivity contribution in [3.8, 4) is 0 Å². The Labute approximate surface area is 190 Å². The van der Waals surface area contributed by atoms with Crippen LogP contribution < -0.4 is 0 Å². The molecule has 6 nitrogen and oxygen atoms in total. The van der Waals surface area contributed by atoms with Gasteiger partial charge in [-0.05, 0) is 43.4 Å². The van der Waals surface area contributed by atoms with E-state index in [1.807, 2.05) is 12.1 Å². The summed E-state index contributed by atoms with van der Waals surface area (Å²) < 4.78 is 5.99. The molecule has 0 spiro atoms. The zero-order valence-electron chi connectivity index (χ0n) is 18.9. The molecule has 6 heteroatoms. The minimum Gasteiger partial charge on any atom is -0.483 e. The predicted octanol–water partition coefficient (Wildman–Crippen LogP) is 3.91. The number of nitrogens with zero attached hydrogens (tertiary/aromatic N) is 2. The maximum absolute atomic E-state index is 13.4. The van der Waals surface area contributed by atoms with Gasteiger partial charge in [-0.25, -0.2) is 0 Å². The smallest absolute Gasteiger partial charge is 0.290 e. The maximum Gasteiger partial charge on any atom is 0.290 e. The highest BCUT2D eigenvalue weighted by atomic mass is 16.5. The van der Waals surface area contributed by atoms with Crippen molar-refractivity contribution in [2.75, 3.05) is 26.7 Å². The topological polar surface area (TPSA) is 70.1 Å². The number of hydrogen-bond donors (Lipinski definition) is 1. The monoisotopic (exact) mass is 438 g/mol. The fraction of sp³-hybridized carbons (Fsp3) is 0.462. The quantitative estimate of drug-likeness (QED) is 0.717. The molecule has 2 aromatic rings. The van der Waals surface area contributed by atoms with Crippen LogP contribution in [0.5, 0.6) is 0 Å². The second-order valence-corrected chi connectivity index (χ2v) is 8.46. The highest BCUT2D eigenvalue weighted by molar-refractivity contribution is 5.82. The van der Waals surface area contributed by atoms with E-state index < -0.39 is 0 Å². The van der Waals surface area contributed by atoms with Crippen molar-refractivity contribution in [2.24, 2.45) is 0 Å². The lowest BCUT2D eigenvalue weighted by atomic mass is 9.83. The van der Waals surface area contributed by atoms with Crippen molar-refractivity contribution in [2.45, 2.75) is 50.3 Å². The van der Waals surface area contributed by atoms with E-state index in [2.05, 4.69) is 58.3 Å². The van der Waals surface area contributed by atoms with Gasteiger partial charge in [0.25, 0.3) is 6.47 Å². The molecule has 0 saturated carbocycles. The number of likely N-dealkylation sites (tertiary alicyclic amines) is 2. The van der Waals surface area contributed by atoms with E-state index in [1.54, 1.807) is 7.11 Å². The zero-order valence-corrected chi connectivity index (χ0v) is 18.9. The Morgan fingerprint density at radius 2 is 1.62 bits per heavy atom. The summed E-state index contributed by atoms with van der Waals surface area (Å²) in [4.78, 5) is 26.3. The Morgan fingerprint density at radius 3 is 2.22 bits per heavy atom. The molecule has 2 aliphatic rings. The number of carbonyl (C=O) groups excluding carboxylic acids is 1. The summed E-state index contributed by atoms with van der Waals surface area (Å²) in [7, 11) is 1.80. The third-order valence-electron chi connectivity index (χ3n) is 6.70. The molecule has 2 aromatic carbocycles. The molecule has 0 radical (unpaired) electrons. The molecule has 1 unspecified atom stereocenters. The molecule has 0 bridgehead atoms.